The number of carbonyl (C=O) groups excluding carboxylic acids is 2. The minimum Gasteiger partial charge on any atom is -0.447 e. The molecule has 1 aliphatic heterocycles. The number of nitrogens with zero attached hydrogens (tertiary/aromatic N) is 1. The van der Waals surface area contributed by atoms with E-state index in [0.29, 0.717) is 19.4 Å². The molecule has 0 saturated heterocycles. The van der Waals surface area contributed by atoms with E-state index in [-0.39, 0.29) is 18.6 Å². The van der Waals surface area contributed by atoms with Crippen molar-refractivity contribution in [3.8, 4) is 0 Å². The maximum atomic E-state index is 11.9. The van der Waals surface area contributed by atoms with Crippen LogP contribution in [0.2, 0.25) is 0 Å². The molecule has 0 unspecified atom stereocenters. The Morgan fingerprint density at radius 1 is 1.19 bits per heavy atom. The standard InChI is InChI=1S/C16H20N2O3/c1-18-11-7-3-6-10-15(19)17-14(12-21-16(18)20)13-8-4-2-5-9-13/h2-5,7-9,14H,6,10-12H2,1H3,(H,17,19)/b7-3+/t14-/m0/s1. The van der Waals surface area contributed by atoms with Gasteiger partial charge in [-0.2, -0.15) is 0 Å². The van der Waals surface area contributed by atoms with Crippen molar-refractivity contribution >= 4 is 12.0 Å². The van der Waals surface area contributed by atoms with Crippen molar-refractivity contribution in [3.63, 3.8) is 0 Å². The second-order valence-corrected chi connectivity index (χ2v) is 5.00. The molecule has 2 amide bonds. The molecule has 0 saturated carbocycles. The van der Waals surface area contributed by atoms with Crippen LogP contribution in [0, 0.1) is 0 Å². The van der Waals surface area contributed by atoms with Crippen molar-refractivity contribution in [2.24, 2.45) is 0 Å². The van der Waals surface area contributed by atoms with Crippen molar-refractivity contribution in [3.05, 3.63) is 48.0 Å². The Morgan fingerprint density at radius 2 is 1.95 bits per heavy atom. The fraction of sp³-hybridized carbons (Fsp3) is 0.375. The Morgan fingerprint density at radius 3 is 2.71 bits per heavy atom. The van der Waals surface area contributed by atoms with Crippen LogP contribution in [0.25, 0.3) is 0 Å². The number of benzene rings is 1. The van der Waals surface area contributed by atoms with Gasteiger partial charge in [0.2, 0.25) is 5.91 Å². The van der Waals surface area contributed by atoms with Gasteiger partial charge in [0.05, 0.1) is 6.04 Å². The van der Waals surface area contributed by atoms with Crippen LogP contribution in [-0.2, 0) is 9.53 Å². The van der Waals surface area contributed by atoms with Gasteiger partial charge < -0.3 is 15.0 Å². The Labute approximate surface area is 124 Å². The maximum absolute atomic E-state index is 11.9. The number of carbonyl (C=O) groups is 2. The predicted octanol–water partition coefficient (Wildman–Crippen LogP) is 2.26. The molecule has 0 aliphatic carbocycles. The van der Waals surface area contributed by atoms with E-state index >= 15 is 0 Å². The summed E-state index contributed by atoms with van der Waals surface area (Å²) in [7, 11) is 1.69. The summed E-state index contributed by atoms with van der Waals surface area (Å²) in [6.45, 7) is 0.610. The molecule has 0 bridgehead atoms. The SMILES string of the molecule is CN1C/C=C/CCC(=O)N[C@H](c2ccccc2)COC1=O. The van der Waals surface area contributed by atoms with Crippen LogP contribution < -0.4 is 5.32 Å². The number of rotatable bonds is 1. The van der Waals surface area contributed by atoms with Crippen LogP contribution in [0.1, 0.15) is 24.4 Å². The van der Waals surface area contributed by atoms with Gasteiger partial charge in [0.15, 0.2) is 0 Å². The van der Waals surface area contributed by atoms with Crippen LogP contribution in [-0.4, -0.2) is 37.1 Å². The van der Waals surface area contributed by atoms with Gasteiger partial charge in [-0.05, 0) is 12.0 Å². The topological polar surface area (TPSA) is 58.6 Å². The number of hydrogen-bond donors (Lipinski definition) is 1. The van der Waals surface area contributed by atoms with Crippen LogP contribution in [0.4, 0.5) is 4.79 Å². The van der Waals surface area contributed by atoms with Gasteiger partial charge in [-0.1, -0.05) is 42.5 Å². The minimum absolute atomic E-state index is 0.0431. The van der Waals surface area contributed by atoms with Crippen molar-refractivity contribution in [1.29, 1.82) is 0 Å². The molecule has 21 heavy (non-hydrogen) atoms. The first-order valence-corrected chi connectivity index (χ1v) is 7.04. The Balaban J connectivity index is 2.13. The molecule has 0 spiro atoms. The monoisotopic (exact) mass is 288 g/mol. The summed E-state index contributed by atoms with van der Waals surface area (Å²) >= 11 is 0. The quantitative estimate of drug-likeness (QED) is 0.806. The first kappa shape index (κ1) is 15.1. The molecule has 5 heteroatoms. The summed E-state index contributed by atoms with van der Waals surface area (Å²) < 4.78 is 5.28. The molecule has 1 N–H and O–H groups in total. The highest BCUT2D eigenvalue weighted by atomic mass is 16.6. The van der Waals surface area contributed by atoms with Gasteiger partial charge in [-0.25, -0.2) is 4.79 Å². The summed E-state index contributed by atoms with van der Waals surface area (Å²) in [5.74, 6) is -0.0431. The Bertz CT molecular complexity index is 514. The average Bonchev–Trinajstić information content (AvgIpc) is 2.50. The largest absolute Gasteiger partial charge is 0.447 e. The minimum atomic E-state index is -0.393. The van der Waals surface area contributed by atoms with E-state index in [4.69, 9.17) is 4.74 Å². The molecule has 1 atom stereocenters. The van der Waals surface area contributed by atoms with E-state index in [1.54, 1.807) is 7.05 Å². The van der Waals surface area contributed by atoms with Crippen molar-refractivity contribution < 1.29 is 14.3 Å². The highest BCUT2D eigenvalue weighted by Gasteiger charge is 2.18. The van der Waals surface area contributed by atoms with Gasteiger partial charge in [-0.3, -0.25) is 4.79 Å². The third-order valence-corrected chi connectivity index (χ3v) is 3.31. The Hall–Kier alpha value is -2.30. The number of likely N-dealkylation sites (N-methyl/N-ethyl adjacent to an activating group) is 1. The zero-order valence-corrected chi connectivity index (χ0v) is 12.1. The van der Waals surface area contributed by atoms with E-state index < -0.39 is 6.09 Å². The lowest BCUT2D eigenvalue weighted by Gasteiger charge is -2.22. The third kappa shape index (κ3) is 4.63. The summed E-state index contributed by atoms with van der Waals surface area (Å²) in [4.78, 5) is 25.3. The van der Waals surface area contributed by atoms with Gasteiger partial charge in [0, 0.05) is 20.0 Å². The van der Waals surface area contributed by atoms with E-state index in [9.17, 15) is 9.59 Å². The predicted molar refractivity (Wildman–Crippen MR) is 79.7 cm³/mol. The normalized spacial score (nSPS) is 22.5. The molecule has 2 rings (SSSR count). The Kier molecular flexibility index (Phi) is 5.37. The number of ether oxygens (including phenoxy) is 1. The van der Waals surface area contributed by atoms with Gasteiger partial charge in [0.25, 0.3) is 0 Å². The van der Waals surface area contributed by atoms with E-state index in [0.717, 1.165) is 5.56 Å². The lowest BCUT2D eigenvalue weighted by atomic mass is 10.1. The lowest BCUT2D eigenvalue weighted by Crippen LogP contribution is -2.35. The first-order chi connectivity index (χ1) is 10.2. The molecule has 1 aromatic carbocycles. The molecule has 0 radical (unpaired) electrons. The lowest BCUT2D eigenvalue weighted by molar-refractivity contribution is -0.122. The summed E-state index contributed by atoms with van der Waals surface area (Å²) in [6, 6.07) is 9.20. The molecule has 5 nitrogen and oxygen atoms in total. The van der Waals surface area contributed by atoms with Crippen molar-refractivity contribution in [2.75, 3.05) is 20.2 Å². The van der Waals surface area contributed by atoms with Crippen LogP contribution in [0.15, 0.2) is 42.5 Å². The molecule has 0 fully saturated rings. The molecule has 1 aromatic rings. The van der Waals surface area contributed by atoms with Crippen LogP contribution in [0.3, 0.4) is 0 Å². The summed E-state index contributed by atoms with van der Waals surface area (Å²) in [6.07, 6.45) is 4.47. The smallest absolute Gasteiger partial charge is 0.409 e. The fourth-order valence-electron chi connectivity index (χ4n) is 2.08. The maximum Gasteiger partial charge on any atom is 0.409 e. The van der Waals surface area contributed by atoms with E-state index in [1.807, 2.05) is 42.5 Å². The summed E-state index contributed by atoms with van der Waals surface area (Å²) in [5, 5.41) is 2.92. The molecular formula is C16H20N2O3. The highest BCUT2D eigenvalue weighted by Crippen LogP contribution is 2.14. The summed E-state index contributed by atoms with van der Waals surface area (Å²) in [5.41, 5.74) is 0.925. The average molecular weight is 288 g/mol. The first-order valence-electron chi connectivity index (χ1n) is 7.04. The molecule has 112 valence electrons. The number of amides is 2. The highest BCUT2D eigenvalue weighted by molar-refractivity contribution is 5.76. The van der Waals surface area contributed by atoms with E-state index in [2.05, 4.69) is 5.32 Å². The van der Waals surface area contributed by atoms with Gasteiger partial charge in [0.1, 0.15) is 6.61 Å². The zero-order valence-electron chi connectivity index (χ0n) is 12.1. The molecule has 1 heterocycles. The molecule has 1 aliphatic rings. The number of nitrogens with one attached hydrogen (secondary N) is 1. The van der Waals surface area contributed by atoms with Crippen LogP contribution in [0.5, 0.6) is 0 Å². The van der Waals surface area contributed by atoms with Crippen molar-refractivity contribution in [1.82, 2.24) is 10.2 Å². The van der Waals surface area contributed by atoms with Gasteiger partial charge in [-0.15, -0.1) is 0 Å². The zero-order chi connectivity index (χ0) is 15.1. The fourth-order valence-corrected chi connectivity index (χ4v) is 2.08. The second kappa shape index (κ2) is 7.47. The van der Waals surface area contributed by atoms with Gasteiger partial charge >= 0.3 is 6.09 Å². The molecule has 0 aromatic heterocycles. The van der Waals surface area contributed by atoms with Crippen molar-refractivity contribution in [2.45, 2.75) is 18.9 Å². The number of cyclic esters (lactones) is 1. The van der Waals surface area contributed by atoms with E-state index in [1.165, 1.54) is 4.90 Å². The molecular weight excluding hydrogens is 268 g/mol. The number of allylic oxidation sites excluding steroid dienone is 1. The third-order valence-electron chi connectivity index (χ3n) is 3.31. The van der Waals surface area contributed by atoms with Crippen LogP contribution >= 0.6 is 0 Å². The number of hydrogen-bond acceptors (Lipinski definition) is 3. The second-order valence-electron chi connectivity index (χ2n) is 5.00.